The van der Waals surface area contributed by atoms with E-state index in [1.165, 1.54) is 103 Å². The van der Waals surface area contributed by atoms with E-state index in [1.807, 2.05) is 0 Å². The van der Waals surface area contributed by atoms with Crippen molar-refractivity contribution in [2.75, 3.05) is 39.6 Å². The van der Waals surface area contributed by atoms with Crippen LogP contribution in [-0.4, -0.2) is 96.7 Å². The molecule has 19 heteroatoms. The van der Waals surface area contributed by atoms with E-state index in [0.717, 1.165) is 121 Å². The SMILES string of the molecule is CCCCCC/C=C\C=C/CCCCCCCC(=O)OC[C@H](COP(=O)(O)OCC(O)COP(=O)(O)OC[C@@H](COC(=O)CCCCCCCCCC(C)C)OC(=O)CCCCCCCCCCCCC(C)C)OC(=O)CCCCCCCCC(C)CC. The Kier molecular flexibility index (Phi) is 57.9. The van der Waals surface area contributed by atoms with Gasteiger partial charge in [0.1, 0.15) is 19.3 Å². The normalized spacial score (nSPS) is 14.7. The molecular weight excluding hydrogens is 1160 g/mol. The van der Waals surface area contributed by atoms with Gasteiger partial charge in [0.05, 0.1) is 26.4 Å². The van der Waals surface area contributed by atoms with Gasteiger partial charge in [0, 0.05) is 25.7 Å². The number of phosphoric acid groups is 2. The molecule has 0 aromatic carbocycles. The lowest BCUT2D eigenvalue weighted by Crippen LogP contribution is -2.30. The second-order valence-electron chi connectivity index (χ2n) is 25.4. The van der Waals surface area contributed by atoms with Crippen LogP contribution in [0.2, 0.25) is 0 Å². The Bertz CT molecular complexity index is 1830. The smallest absolute Gasteiger partial charge is 0.462 e. The second-order valence-corrected chi connectivity index (χ2v) is 28.3. The number of aliphatic hydroxyl groups is 1. The number of carbonyl (C=O) groups is 4. The maximum atomic E-state index is 13.0. The van der Waals surface area contributed by atoms with Crippen LogP contribution in [0.3, 0.4) is 0 Å². The van der Waals surface area contributed by atoms with Gasteiger partial charge in [0.15, 0.2) is 12.2 Å². The van der Waals surface area contributed by atoms with Gasteiger partial charge in [-0.3, -0.25) is 37.3 Å². The lowest BCUT2D eigenvalue weighted by atomic mass is 10.00. The summed E-state index contributed by atoms with van der Waals surface area (Å²) in [4.78, 5) is 72.4. The van der Waals surface area contributed by atoms with Gasteiger partial charge in [0.2, 0.25) is 0 Å². The summed E-state index contributed by atoms with van der Waals surface area (Å²) in [7, 11) is -9.91. The summed E-state index contributed by atoms with van der Waals surface area (Å²) in [5, 5.41) is 10.6. The molecule has 0 heterocycles. The standard InChI is InChI=1S/C69H130O17P2/c1-8-10-11-12-13-14-15-16-17-18-19-23-28-36-43-50-66(71)79-57-65(86-69(74)53-46-39-32-31-35-42-49-62(7)9-2)59-84-88(77,78)82-55-63(70)54-81-87(75,76)83-58-64(56-80-67(72)51-44-37-30-25-27-34-41-48-61(5)6)85-68(73)52-45-38-29-24-21-20-22-26-33-40-47-60(3)4/h14-17,60-65,70H,8-13,18-59H2,1-7H3,(H,75,76)(H,77,78)/b15-14-,17-16-/t62?,63?,64-,65-/m1/s1. The lowest BCUT2D eigenvalue weighted by Gasteiger charge is -2.21. The van der Waals surface area contributed by atoms with Crippen molar-refractivity contribution in [3.63, 3.8) is 0 Å². The van der Waals surface area contributed by atoms with Crippen molar-refractivity contribution in [3.8, 4) is 0 Å². The average molecular weight is 1290 g/mol. The fourth-order valence-corrected chi connectivity index (χ4v) is 11.4. The van der Waals surface area contributed by atoms with E-state index in [4.69, 9.17) is 37.0 Å². The summed E-state index contributed by atoms with van der Waals surface area (Å²) in [5.41, 5.74) is 0. The maximum absolute atomic E-state index is 13.0. The lowest BCUT2D eigenvalue weighted by molar-refractivity contribution is -0.161. The summed E-state index contributed by atoms with van der Waals surface area (Å²) >= 11 is 0. The number of phosphoric ester groups is 2. The first-order valence-electron chi connectivity index (χ1n) is 35.2. The topological polar surface area (TPSA) is 237 Å². The van der Waals surface area contributed by atoms with Gasteiger partial charge in [-0.2, -0.15) is 0 Å². The number of ether oxygens (including phenoxy) is 4. The van der Waals surface area contributed by atoms with Gasteiger partial charge in [-0.1, -0.05) is 265 Å². The van der Waals surface area contributed by atoms with Crippen LogP contribution < -0.4 is 0 Å². The number of esters is 4. The van der Waals surface area contributed by atoms with Gasteiger partial charge in [0.25, 0.3) is 0 Å². The van der Waals surface area contributed by atoms with Crippen molar-refractivity contribution in [1.29, 1.82) is 0 Å². The third-order valence-electron chi connectivity index (χ3n) is 15.6. The van der Waals surface area contributed by atoms with Crippen molar-refractivity contribution in [2.45, 2.75) is 336 Å². The fraction of sp³-hybridized carbons (Fsp3) is 0.884. The van der Waals surface area contributed by atoms with E-state index in [0.29, 0.717) is 37.5 Å². The monoisotopic (exact) mass is 1290 g/mol. The van der Waals surface area contributed by atoms with Gasteiger partial charge in [-0.15, -0.1) is 0 Å². The molecule has 0 amide bonds. The number of unbranched alkanes of at least 4 members (excludes halogenated alkanes) is 29. The zero-order chi connectivity index (χ0) is 65.2. The number of allylic oxidation sites excluding steroid dienone is 4. The Morgan fingerprint density at radius 1 is 0.375 bits per heavy atom. The van der Waals surface area contributed by atoms with Crippen LogP contribution in [0.25, 0.3) is 0 Å². The number of hydrogen-bond acceptors (Lipinski definition) is 15. The number of hydrogen-bond donors (Lipinski definition) is 3. The summed E-state index contributed by atoms with van der Waals surface area (Å²) < 4.78 is 68.1. The molecule has 17 nitrogen and oxygen atoms in total. The highest BCUT2D eigenvalue weighted by Crippen LogP contribution is 2.45. The van der Waals surface area contributed by atoms with Crippen molar-refractivity contribution < 1.29 is 80.2 Å². The summed E-state index contributed by atoms with van der Waals surface area (Å²) in [6.07, 6.45) is 45.4. The molecule has 0 rings (SSSR count). The highest BCUT2D eigenvalue weighted by atomic mass is 31.2. The zero-order valence-electron chi connectivity index (χ0n) is 56.7. The molecule has 4 unspecified atom stereocenters. The Hall–Kier alpha value is -2.46. The minimum Gasteiger partial charge on any atom is -0.462 e. The first-order valence-corrected chi connectivity index (χ1v) is 38.2. The van der Waals surface area contributed by atoms with E-state index in [9.17, 15) is 43.2 Å². The van der Waals surface area contributed by atoms with E-state index in [1.54, 1.807) is 0 Å². The van der Waals surface area contributed by atoms with Crippen molar-refractivity contribution in [3.05, 3.63) is 24.3 Å². The number of aliphatic hydroxyl groups excluding tert-OH is 1. The zero-order valence-corrected chi connectivity index (χ0v) is 58.5. The van der Waals surface area contributed by atoms with Crippen molar-refractivity contribution in [2.24, 2.45) is 17.8 Å². The number of rotatable bonds is 65. The molecule has 0 aliphatic rings. The molecular formula is C69H130O17P2. The van der Waals surface area contributed by atoms with Crippen LogP contribution in [0, 0.1) is 17.8 Å². The summed E-state index contributed by atoms with van der Waals surface area (Å²) in [5.74, 6) is 0.00779. The molecule has 0 radical (unpaired) electrons. The largest absolute Gasteiger partial charge is 0.472 e. The van der Waals surface area contributed by atoms with Crippen LogP contribution >= 0.6 is 15.6 Å². The van der Waals surface area contributed by atoms with Gasteiger partial charge in [-0.25, -0.2) is 9.13 Å². The first kappa shape index (κ1) is 85.5. The Balaban J connectivity index is 5.27. The highest BCUT2D eigenvalue weighted by molar-refractivity contribution is 7.47. The summed E-state index contributed by atoms with van der Waals surface area (Å²) in [6.45, 7) is 11.6. The molecule has 0 bridgehead atoms. The van der Waals surface area contributed by atoms with Crippen LogP contribution in [0.4, 0.5) is 0 Å². The molecule has 0 aliphatic heterocycles. The average Bonchev–Trinajstić information content (AvgIpc) is 3.56. The third kappa shape index (κ3) is 61.1. The maximum Gasteiger partial charge on any atom is 0.472 e. The van der Waals surface area contributed by atoms with Crippen molar-refractivity contribution in [1.82, 2.24) is 0 Å². The highest BCUT2D eigenvalue weighted by Gasteiger charge is 2.30. The Morgan fingerprint density at radius 3 is 1.01 bits per heavy atom. The second kappa shape index (κ2) is 59.5. The molecule has 0 aliphatic carbocycles. The molecule has 0 fully saturated rings. The molecule has 0 aromatic rings. The molecule has 0 aromatic heterocycles. The molecule has 88 heavy (non-hydrogen) atoms. The Morgan fingerprint density at radius 2 is 0.670 bits per heavy atom. The fourth-order valence-electron chi connectivity index (χ4n) is 9.79. The molecule has 3 N–H and O–H groups in total. The van der Waals surface area contributed by atoms with Crippen molar-refractivity contribution >= 4 is 39.5 Å². The van der Waals surface area contributed by atoms with Crippen LogP contribution in [-0.2, 0) is 65.4 Å². The Labute approximate surface area is 535 Å². The molecule has 0 saturated carbocycles. The van der Waals surface area contributed by atoms with Gasteiger partial charge in [-0.05, 0) is 69.1 Å². The summed E-state index contributed by atoms with van der Waals surface area (Å²) in [6, 6.07) is 0. The first-order chi connectivity index (χ1) is 42.3. The van der Waals surface area contributed by atoms with Gasteiger partial charge >= 0.3 is 39.5 Å². The van der Waals surface area contributed by atoms with E-state index in [-0.39, 0.29) is 25.7 Å². The minimum absolute atomic E-state index is 0.0956. The quantitative estimate of drug-likeness (QED) is 0.0169. The molecule has 0 saturated heterocycles. The predicted molar refractivity (Wildman–Crippen MR) is 354 cm³/mol. The van der Waals surface area contributed by atoms with Crippen LogP contribution in [0.5, 0.6) is 0 Å². The molecule has 518 valence electrons. The van der Waals surface area contributed by atoms with Gasteiger partial charge < -0.3 is 33.8 Å². The van der Waals surface area contributed by atoms with E-state index >= 15 is 0 Å². The molecule has 0 spiro atoms. The molecule has 6 atom stereocenters. The van der Waals surface area contributed by atoms with Crippen LogP contribution in [0.1, 0.15) is 318 Å². The predicted octanol–water partition coefficient (Wildman–Crippen LogP) is 19.0. The third-order valence-corrected chi connectivity index (χ3v) is 17.5. The van der Waals surface area contributed by atoms with Crippen LogP contribution in [0.15, 0.2) is 24.3 Å². The van der Waals surface area contributed by atoms with E-state index < -0.39 is 97.5 Å². The number of carbonyl (C=O) groups excluding carboxylic acids is 4. The van der Waals surface area contributed by atoms with E-state index in [2.05, 4.69) is 72.8 Å². The minimum atomic E-state index is -4.96.